The van der Waals surface area contributed by atoms with E-state index in [0.717, 1.165) is 61.3 Å². The Hall–Kier alpha value is -4.96. The van der Waals surface area contributed by atoms with Gasteiger partial charge in [-0.3, -0.25) is 38.6 Å². The number of benzene rings is 2. The van der Waals surface area contributed by atoms with Crippen molar-refractivity contribution in [3.63, 3.8) is 0 Å². The zero-order valence-electron chi connectivity index (χ0n) is 35.1. The molecule has 1 N–H and O–H groups in total. The fraction of sp³-hybridized carbons (Fsp3) is 0.558. The number of ketones is 1. The second-order valence-corrected chi connectivity index (χ2v) is 17.5. The van der Waals surface area contributed by atoms with Crippen LogP contribution in [0.4, 0.5) is 30.4 Å². The lowest BCUT2D eigenvalue weighted by Gasteiger charge is -2.44. The number of hydrogen-bond acceptors (Lipinski definition) is 10. The molecule has 4 fully saturated rings. The van der Waals surface area contributed by atoms with Crippen LogP contribution >= 0.6 is 12.2 Å². The minimum Gasteiger partial charge on any atom is -0.378 e. The molecule has 61 heavy (non-hydrogen) atoms. The molecule has 7 rings (SSSR count). The number of aromatic nitrogens is 2. The number of carbonyl (C=O) groups excluding carboxylic acids is 4. The number of halogens is 3. The molecule has 3 aromatic rings. The summed E-state index contributed by atoms with van der Waals surface area (Å²) in [6, 6.07) is 10.5. The summed E-state index contributed by atoms with van der Waals surface area (Å²) >= 11 is 5.75. The van der Waals surface area contributed by atoms with Crippen LogP contribution in [0.15, 0.2) is 36.4 Å². The lowest BCUT2D eigenvalue weighted by Crippen LogP contribution is -2.58. The number of ether oxygens (including phenoxy) is 1. The number of nitrogens with one attached hydrogen (secondary N) is 1. The van der Waals surface area contributed by atoms with Crippen LogP contribution in [0.3, 0.4) is 0 Å². The van der Waals surface area contributed by atoms with Crippen LogP contribution in [0.1, 0.15) is 83.8 Å². The van der Waals surface area contributed by atoms with Crippen LogP contribution in [0.5, 0.6) is 0 Å². The SMILES string of the molecule is C[C@@H]1CN(CCCOC2CCC(N3C(=S)N(c4ccc(C#N)c(C(F)(F)F)c4)C(=O)C3(C)C)CC2)C[C@H](C)N1CC(=O)Nc1cccc2c(N3CCC(=O)CC3=O)nn(C)c12. The van der Waals surface area contributed by atoms with Crippen LogP contribution in [0.2, 0.25) is 0 Å². The molecular weight excluding hydrogens is 812 g/mol. The summed E-state index contributed by atoms with van der Waals surface area (Å²) in [6.45, 7) is 11.3. The Kier molecular flexibility index (Phi) is 12.6. The van der Waals surface area contributed by atoms with Gasteiger partial charge in [-0.1, -0.05) is 6.07 Å². The van der Waals surface area contributed by atoms with Gasteiger partial charge < -0.3 is 19.9 Å². The van der Waals surface area contributed by atoms with Gasteiger partial charge in [0.1, 0.15) is 11.3 Å². The highest BCUT2D eigenvalue weighted by atomic mass is 32.1. The van der Waals surface area contributed by atoms with E-state index in [1.54, 1.807) is 36.5 Å². The summed E-state index contributed by atoms with van der Waals surface area (Å²) in [5, 5.41) is 17.8. The Morgan fingerprint density at radius 1 is 1.07 bits per heavy atom. The zero-order chi connectivity index (χ0) is 44.0. The number of fused-ring (bicyclic) bond motifs is 1. The lowest BCUT2D eigenvalue weighted by atomic mass is 9.89. The van der Waals surface area contributed by atoms with E-state index in [-0.39, 0.29) is 78.6 Å². The fourth-order valence-corrected chi connectivity index (χ4v) is 10.1. The third-order valence-corrected chi connectivity index (χ3v) is 12.9. The second kappa shape index (κ2) is 17.4. The van der Waals surface area contributed by atoms with E-state index in [1.165, 1.54) is 6.07 Å². The van der Waals surface area contributed by atoms with Crippen LogP contribution in [-0.2, 0) is 37.1 Å². The van der Waals surface area contributed by atoms with E-state index in [9.17, 15) is 37.6 Å². The zero-order valence-corrected chi connectivity index (χ0v) is 35.9. The van der Waals surface area contributed by atoms with Crippen molar-refractivity contribution < 1.29 is 37.1 Å². The number of thiocarbonyl (C=S) groups is 1. The van der Waals surface area contributed by atoms with Gasteiger partial charge in [-0.05, 0) is 102 Å². The smallest absolute Gasteiger partial charge is 0.378 e. The molecule has 3 aliphatic heterocycles. The van der Waals surface area contributed by atoms with Crippen molar-refractivity contribution in [2.24, 2.45) is 7.05 Å². The first-order chi connectivity index (χ1) is 28.9. The maximum absolute atomic E-state index is 13.8. The summed E-state index contributed by atoms with van der Waals surface area (Å²) in [5.41, 5.74) is -1.39. The van der Waals surface area contributed by atoms with Gasteiger partial charge in [-0.2, -0.15) is 23.5 Å². The number of Topliss-reactive ketones (excluding diaryl/α,β-unsaturated/α-hetero) is 1. The normalized spacial score (nSPS) is 24.2. The highest BCUT2D eigenvalue weighted by molar-refractivity contribution is 7.80. The van der Waals surface area contributed by atoms with Gasteiger partial charge in [0.2, 0.25) is 11.8 Å². The molecule has 4 aliphatic rings. The summed E-state index contributed by atoms with van der Waals surface area (Å²) < 4.78 is 49.2. The number of anilines is 3. The molecule has 3 amide bonds. The molecule has 1 aliphatic carbocycles. The van der Waals surface area contributed by atoms with Crippen molar-refractivity contribution in [1.29, 1.82) is 5.26 Å². The van der Waals surface area contributed by atoms with E-state index < -0.39 is 28.7 Å². The highest BCUT2D eigenvalue weighted by Gasteiger charge is 2.52. The number of alkyl halides is 3. The standard InChI is InChI=1S/C43H52F3N9O5S/c1-26-23-51(24-27(2)53(26)25-36(57)48-35-9-6-8-33-38(35)50(5)49-39(33)52-18-16-31(56)21-37(52)58)17-7-19-60-32-14-12-29(13-15-32)55-41(61)54(40(59)42(55,3)4)30-11-10-28(22-47)34(20-30)43(44,45)46/h6,8-11,20,26-27,29,32H,7,12-19,21,23-25H2,1-5H3,(H,48,57)/t26-,27+,29?,32?. The summed E-state index contributed by atoms with van der Waals surface area (Å²) in [6.07, 6.45) is -0.787. The number of nitrogens with zero attached hydrogens (tertiary/aromatic N) is 8. The van der Waals surface area contributed by atoms with Gasteiger partial charge in [0.25, 0.3) is 5.91 Å². The minimum atomic E-state index is -4.76. The average molecular weight is 864 g/mol. The molecule has 1 aromatic heterocycles. The molecule has 18 heteroatoms. The fourth-order valence-electron chi connectivity index (χ4n) is 9.53. The molecule has 0 radical (unpaired) electrons. The minimum absolute atomic E-state index is 0.00980. The molecule has 3 saturated heterocycles. The first-order valence-corrected chi connectivity index (χ1v) is 21.3. The second-order valence-electron chi connectivity index (χ2n) is 17.2. The Balaban J connectivity index is 0.861. The van der Waals surface area contributed by atoms with Crippen molar-refractivity contribution in [3.05, 3.63) is 47.5 Å². The number of piperazine rings is 1. The van der Waals surface area contributed by atoms with Gasteiger partial charge in [0.05, 0.1) is 53.2 Å². The Morgan fingerprint density at radius 3 is 2.43 bits per heavy atom. The molecule has 0 unspecified atom stereocenters. The Labute approximate surface area is 358 Å². The van der Waals surface area contributed by atoms with Gasteiger partial charge in [0.15, 0.2) is 10.9 Å². The molecule has 0 spiro atoms. The maximum atomic E-state index is 13.8. The van der Waals surface area contributed by atoms with Crippen molar-refractivity contribution >= 4 is 68.9 Å². The molecule has 4 heterocycles. The number of carbonyl (C=O) groups is 4. The Bertz CT molecular complexity index is 2250. The monoisotopic (exact) mass is 863 g/mol. The molecule has 0 bridgehead atoms. The van der Waals surface area contributed by atoms with Gasteiger partial charge in [-0.25, -0.2) is 0 Å². The van der Waals surface area contributed by atoms with Gasteiger partial charge in [-0.15, -0.1) is 0 Å². The molecule has 2 atom stereocenters. The molecule has 1 saturated carbocycles. The number of aryl methyl sites for hydroxylation is 1. The van der Waals surface area contributed by atoms with E-state index >= 15 is 0 Å². The average Bonchev–Trinajstić information content (AvgIpc) is 3.62. The van der Waals surface area contributed by atoms with Crippen molar-refractivity contribution in [2.45, 2.75) is 109 Å². The van der Waals surface area contributed by atoms with Crippen molar-refractivity contribution in [2.75, 3.05) is 54.4 Å². The summed E-state index contributed by atoms with van der Waals surface area (Å²) in [7, 11) is 1.77. The number of amides is 3. The Morgan fingerprint density at radius 2 is 1.77 bits per heavy atom. The third-order valence-electron chi connectivity index (χ3n) is 12.5. The third kappa shape index (κ3) is 8.88. The molecule has 2 aromatic carbocycles. The van der Waals surface area contributed by atoms with Crippen LogP contribution in [-0.4, -0.2) is 122 Å². The van der Waals surface area contributed by atoms with Crippen LogP contribution < -0.4 is 15.1 Å². The van der Waals surface area contributed by atoms with E-state index in [0.29, 0.717) is 36.5 Å². The van der Waals surface area contributed by atoms with E-state index in [2.05, 4.69) is 34.1 Å². The molecule has 326 valence electrons. The van der Waals surface area contributed by atoms with E-state index in [4.69, 9.17) is 17.0 Å². The van der Waals surface area contributed by atoms with Crippen molar-refractivity contribution in [1.82, 2.24) is 24.5 Å². The summed E-state index contributed by atoms with van der Waals surface area (Å²) in [5.74, 6) is -0.421. The number of piperidine rings is 1. The number of para-hydroxylation sites is 1. The van der Waals surface area contributed by atoms with Crippen molar-refractivity contribution in [3.8, 4) is 6.07 Å². The van der Waals surface area contributed by atoms with E-state index in [1.807, 2.05) is 23.1 Å². The highest BCUT2D eigenvalue weighted by Crippen LogP contribution is 2.41. The number of rotatable bonds is 11. The first-order valence-electron chi connectivity index (χ1n) is 20.9. The van der Waals surface area contributed by atoms with Gasteiger partial charge >= 0.3 is 6.18 Å². The summed E-state index contributed by atoms with van der Waals surface area (Å²) in [4.78, 5) is 60.8. The topological polar surface area (TPSA) is 147 Å². The predicted molar refractivity (Wildman–Crippen MR) is 227 cm³/mol. The quantitative estimate of drug-likeness (QED) is 0.146. The molecule has 14 nitrogen and oxygen atoms in total. The van der Waals surface area contributed by atoms with Gasteiger partial charge in [0, 0.05) is 69.8 Å². The first kappa shape index (κ1) is 44.1. The van der Waals surface area contributed by atoms with Crippen LogP contribution in [0, 0.1) is 11.3 Å². The number of nitriles is 1. The lowest BCUT2D eigenvalue weighted by molar-refractivity contribution is -0.138. The predicted octanol–water partition coefficient (Wildman–Crippen LogP) is 5.62. The molecular formula is C43H52F3N9O5S. The number of hydrogen-bond donors (Lipinski definition) is 1. The maximum Gasteiger partial charge on any atom is 0.417 e. The van der Waals surface area contributed by atoms with Crippen LogP contribution in [0.25, 0.3) is 10.9 Å². The largest absolute Gasteiger partial charge is 0.417 e.